The molecule has 0 amide bonds. The summed E-state index contributed by atoms with van der Waals surface area (Å²) >= 11 is 6.20. The van der Waals surface area contributed by atoms with Crippen LogP contribution in [0.3, 0.4) is 0 Å². The van der Waals surface area contributed by atoms with Crippen molar-refractivity contribution in [3.05, 3.63) is 65.6 Å². The maximum atomic E-state index is 13.6. The number of anilines is 1. The van der Waals surface area contributed by atoms with Gasteiger partial charge in [-0.25, -0.2) is 13.2 Å². The van der Waals surface area contributed by atoms with Crippen molar-refractivity contribution in [1.29, 1.82) is 0 Å². The first-order chi connectivity index (χ1) is 12.0. The maximum absolute atomic E-state index is 13.6. The second kappa shape index (κ2) is 6.12. The van der Waals surface area contributed by atoms with Gasteiger partial charge < -0.3 is 0 Å². The van der Waals surface area contributed by atoms with Crippen molar-refractivity contribution in [2.24, 2.45) is 0 Å². The van der Waals surface area contributed by atoms with Crippen LogP contribution in [0, 0.1) is 17.5 Å². The fourth-order valence-electron chi connectivity index (χ4n) is 2.65. The van der Waals surface area contributed by atoms with Gasteiger partial charge in [0.25, 0.3) is 0 Å². The molecule has 1 aliphatic rings. The quantitative estimate of drug-likeness (QED) is 0.314. The Balaban J connectivity index is 2.10. The number of hydrazine groups is 1. The van der Waals surface area contributed by atoms with Gasteiger partial charge in [-0.3, -0.25) is 10.4 Å². The molecule has 2 nitrogen and oxygen atoms in total. The molecule has 0 bridgehead atoms. The Kier molecular flexibility index (Phi) is 4.34. The summed E-state index contributed by atoms with van der Waals surface area (Å²) in [4.78, 5) is -1.60. The Morgan fingerprint density at radius 1 is 1.04 bits per heavy atom. The van der Waals surface area contributed by atoms with Crippen LogP contribution in [0.1, 0.15) is 6.92 Å². The summed E-state index contributed by atoms with van der Waals surface area (Å²) in [5.41, 5.74) is 1.35. The average Bonchev–Trinajstić information content (AvgIpc) is 2.87. The van der Waals surface area contributed by atoms with Crippen molar-refractivity contribution >= 4 is 17.3 Å². The topological polar surface area (TPSA) is 15.3 Å². The summed E-state index contributed by atoms with van der Waals surface area (Å²) in [6.45, 7) is 1.32. The Morgan fingerprint density at radius 3 is 2.15 bits per heavy atom. The molecule has 1 heterocycles. The van der Waals surface area contributed by atoms with Crippen molar-refractivity contribution in [3.8, 4) is 11.1 Å². The molecule has 3 rings (SSSR count). The number of hydrogen-bond donors (Lipinski definition) is 1. The molecule has 0 radical (unpaired) electrons. The first kappa shape index (κ1) is 18.4. The van der Waals surface area contributed by atoms with Gasteiger partial charge in [0.05, 0.1) is 5.69 Å². The lowest BCUT2D eigenvalue weighted by Crippen LogP contribution is -2.45. The van der Waals surface area contributed by atoms with Gasteiger partial charge in [-0.15, -0.1) is 0 Å². The summed E-state index contributed by atoms with van der Waals surface area (Å²) in [6.07, 6.45) is -3.87. The standard InChI is InChI=1S/C17H11ClF6N2/c1-16(18)8-14(17(22,23)24)25-26(16)13-5-3-2-4-10(13)9-6-11(19)15(21)12(20)7-9/h2-8,25H,1H3. The maximum Gasteiger partial charge on any atom is 0.432 e. The van der Waals surface area contributed by atoms with Crippen LogP contribution in [0.4, 0.5) is 32.0 Å². The molecule has 138 valence electrons. The molecule has 1 aliphatic heterocycles. The summed E-state index contributed by atoms with van der Waals surface area (Å²) in [5, 5.41) is 1.02. The molecule has 2 aromatic rings. The lowest BCUT2D eigenvalue weighted by Gasteiger charge is -2.32. The molecule has 1 atom stereocenters. The predicted octanol–water partition coefficient (Wildman–Crippen LogP) is 5.50. The molecule has 26 heavy (non-hydrogen) atoms. The number of nitrogens with zero attached hydrogens (tertiary/aromatic N) is 1. The van der Waals surface area contributed by atoms with E-state index in [1.165, 1.54) is 31.2 Å². The zero-order valence-electron chi connectivity index (χ0n) is 13.1. The van der Waals surface area contributed by atoms with E-state index in [1.807, 2.05) is 0 Å². The van der Waals surface area contributed by atoms with Crippen LogP contribution >= 0.6 is 11.6 Å². The lowest BCUT2D eigenvalue weighted by molar-refractivity contribution is -0.0958. The zero-order chi connectivity index (χ0) is 19.3. The minimum atomic E-state index is -4.66. The van der Waals surface area contributed by atoms with Gasteiger partial charge >= 0.3 is 6.18 Å². The van der Waals surface area contributed by atoms with Gasteiger partial charge in [-0.05, 0) is 36.8 Å². The highest BCUT2D eigenvalue weighted by Crippen LogP contribution is 2.41. The molecular formula is C17H11ClF6N2. The smallest absolute Gasteiger partial charge is 0.292 e. The molecule has 0 saturated carbocycles. The summed E-state index contributed by atoms with van der Waals surface area (Å²) in [6, 6.07) is 7.43. The Bertz CT molecular complexity index is 868. The molecule has 1 unspecified atom stereocenters. The highest BCUT2D eigenvalue weighted by atomic mass is 35.5. The van der Waals surface area contributed by atoms with E-state index in [9.17, 15) is 26.3 Å². The monoisotopic (exact) mass is 392 g/mol. The van der Waals surface area contributed by atoms with Gasteiger partial charge in [0.2, 0.25) is 0 Å². The molecule has 0 aromatic heterocycles. The van der Waals surface area contributed by atoms with Crippen molar-refractivity contribution < 1.29 is 26.3 Å². The van der Waals surface area contributed by atoms with Crippen LogP contribution in [0.25, 0.3) is 11.1 Å². The van der Waals surface area contributed by atoms with E-state index in [2.05, 4.69) is 5.43 Å². The van der Waals surface area contributed by atoms with E-state index in [0.717, 1.165) is 23.2 Å². The third-order valence-corrected chi connectivity index (χ3v) is 4.10. The van der Waals surface area contributed by atoms with Crippen LogP contribution in [0.2, 0.25) is 0 Å². The Hall–Kier alpha value is -2.35. The minimum Gasteiger partial charge on any atom is -0.292 e. The van der Waals surface area contributed by atoms with E-state index in [4.69, 9.17) is 11.6 Å². The molecule has 2 aromatic carbocycles. The second-order valence-corrected chi connectivity index (χ2v) is 6.56. The molecule has 1 N–H and O–H groups in total. The van der Waals surface area contributed by atoms with Gasteiger partial charge in [0, 0.05) is 5.56 Å². The van der Waals surface area contributed by atoms with E-state index in [1.54, 1.807) is 0 Å². The predicted molar refractivity (Wildman–Crippen MR) is 85.8 cm³/mol. The summed E-state index contributed by atoms with van der Waals surface area (Å²) in [7, 11) is 0. The molecular weight excluding hydrogens is 382 g/mol. The Labute approximate surface area is 149 Å². The zero-order valence-corrected chi connectivity index (χ0v) is 13.9. The van der Waals surface area contributed by atoms with Gasteiger partial charge in [0.15, 0.2) is 22.4 Å². The van der Waals surface area contributed by atoms with Crippen LogP contribution in [-0.2, 0) is 0 Å². The second-order valence-electron chi connectivity index (χ2n) is 5.80. The molecule has 0 saturated heterocycles. The third-order valence-electron chi connectivity index (χ3n) is 3.82. The van der Waals surface area contributed by atoms with Crippen LogP contribution in [0.15, 0.2) is 48.2 Å². The number of allylic oxidation sites excluding steroid dienone is 1. The molecule has 9 heteroatoms. The van der Waals surface area contributed by atoms with Gasteiger partial charge in [0.1, 0.15) is 5.70 Å². The number of halogens is 7. The van der Waals surface area contributed by atoms with E-state index >= 15 is 0 Å². The molecule has 0 spiro atoms. The fourth-order valence-corrected chi connectivity index (χ4v) is 2.90. The molecule has 0 aliphatic carbocycles. The number of hydrogen-bond acceptors (Lipinski definition) is 2. The van der Waals surface area contributed by atoms with Gasteiger partial charge in [-0.2, -0.15) is 13.2 Å². The minimum absolute atomic E-state index is 0.0493. The highest BCUT2D eigenvalue weighted by molar-refractivity contribution is 6.26. The van der Waals surface area contributed by atoms with Crippen molar-refractivity contribution in [2.75, 3.05) is 5.01 Å². The lowest BCUT2D eigenvalue weighted by atomic mass is 10.0. The number of benzene rings is 2. The summed E-state index contributed by atoms with van der Waals surface area (Å²) in [5.74, 6) is -4.45. The SMILES string of the molecule is CC1(Cl)C=C(C(F)(F)F)NN1c1ccccc1-c1cc(F)c(F)c(F)c1. The average molecular weight is 393 g/mol. The summed E-state index contributed by atoms with van der Waals surface area (Å²) < 4.78 is 79.4. The van der Waals surface area contributed by atoms with E-state index in [0.29, 0.717) is 0 Å². The third kappa shape index (κ3) is 3.21. The van der Waals surface area contributed by atoms with Crippen molar-refractivity contribution in [1.82, 2.24) is 5.43 Å². The van der Waals surface area contributed by atoms with Crippen LogP contribution < -0.4 is 10.4 Å². The first-order valence-electron chi connectivity index (χ1n) is 7.30. The van der Waals surface area contributed by atoms with E-state index < -0.39 is 34.3 Å². The van der Waals surface area contributed by atoms with Crippen molar-refractivity contribution in [2.45, 2.75) is 18.1 Å². The fraction of sp³-hybridized carbons (Fsp3) is 0.176. The Morgan fingerprint density at radius 2 is 1.62 bits per heavy atom. The highest BCUT2D eigenvalue weighted by Gasteiger charge is 2.45. The van der Waals surface area contributed by atoms with Gasteiger partial charge in [-0.1, -0.05) is 29.8 Å². The largest absolute Gasteiger partial charge is 0.432 e. The number of para-hydroxylation sites is 1. The van der Waals surface area contributed by atoms with Crippen LogP contribution in [-0.4, -0.2) is 11.2 Å². The number of alkyl halides is 4. The normalized spacial score (nSPS) is 20.2. The number of rotatable bonds is 2. The van der Waals surface area contributed by atoms with Crippen LogP contribution in [0.5, 0.6) is 0 Å². The van der Waals surface area contributed by atoms with E-state index in [-0.39, 0.29) is 16.8 Å². The molecule has 0 fully saturated rings. The first-order valence-corrected chi connectivity index (χ1v) is 7.68. The van der Waals surface area contributed by atoms with Crippen molar-refractivity contribution in [3.63, 3.8) is 0 Å². The number of nitrogens with one attached hydrogen (secondary N) is 1.